The minimum Gasteiger partial charge on any atom is -0.347 e. The van der Waals surface area contributed by atoms with Crippen molar-refractivity contribution in [3.8, 4) is 22.3 Å². The van der Waals surface area contributed by atoms with Crippen LogP contribution in [0.25, 0.3) is 22.3 Å². The molecule has 0 saturated heterocycles. The molecular formula is C29H24F4N2O2. The number of carbonyl (C=O) groups is 2. The number of hydrogen-bond donors (Lipinski definition) is 1. The Hall–Kier alpha value is -4.20. The molecule has 190 valence electrons. The highest BCUT2D eigenvalue weighted by Gasteiger charge is 2.31. The van der Waals surface area contributed by atoms with Gasteiger partial charge in [-0.3, -0.25) is 9.59 Å². The summed E-state index contributed by atoms with van der Waals surface area (Å²) in [6, 6.07) is 19.0. The molecule has 0 atom stereocenters. The van der Waals surface area contributed by atoms with E-state index in [4.69, 9.17) is 0 Å². The third-order valence-electron chi connectivity index (χ3n) is 5.99. The monoisotopic (exact) mass is 508 g/mol. The van der Waals surface area contributed by atoms with Crippen LogP contribution < -0.4 is 5.32 Å². The Morgan fingerprint density at radius 3 is 2.16 bits per heavy atom. The SMILES string of the molecule is CC(C)n1c(C=O)c(-c2ccc(F)cc2)c(-c2ccccc2)c1C(=O)NCc1cccc(C(F)(F)F)c1. The van der Waals surface area contributed by atoms with Gasteiger partial charge in [0.05, 0.1) is 11.3 Å². The van der Waals surface area contributed by atoms with Gasteiger partial charge in [0.15, 0.2) is 6.29 Å². The first-order valence-corrected chi connectivity index (χ1v) is 11.6. The number of halogens is 4. The number of hydrogen-bond acceptors (Lipinski definition) is 2. The lowest BCUT2D eigenvalue weighted by Gasteiger charge is -2.16. The highest BCUT2D eigenvalue weighted by molar-refractivity contribution is 6.08. The van der Waals surface area contributed by atoms with E-state index in [-0.39, 0.29) is 29.5 Å². The molecule has 0 radical (unpaired) electrons. The fourth-order valence-corrected chi connectivity index (χ4v) is 4.40. The zero-order chi connectivity index (χ0) is 26.7. The smallest absolute Gasteiger partial charge is 0.347 e. The Bertz CT molecular complexity index is 1420. The van der Waals surface area contributed by atoms with Gasteiger partial charge in [-0.15, -0.1) is 0 Å². The van der Waals surface area contributed by atoms with Gasteiger partial charge in [0.2, 0.25) is 0 Å². The Morgan fingerprint density at radius 2 is 1.57 bits per heavy atom. The molecule has 0 bridgehead atoms. The van der Waals surface area contributed by atoms with Gasteiger partial charge in [0.1, 0.15) is 11.5 Å². The predicted molar refractivity (Wildman–Crippen MR) is 134 cm³/mol. The van der Waals surface area contributed by atoms with E-state index in [1.807, 2.05) is 19.9 Å². The Balaban J connectivity index is 1.87. The average Bonchev–Trinajstić information content (AvgIpc) is 3.23. The van der Waals surface area contributed by atoms with Crippen LogP contribution in [-0.2, 0) is 12.7 Å². The predicted octanol–water partition coefficient (Wildman–Crippen LogP) is 7.30. The van der Waals surface area contributed by atoms with Gasteiger partial charge in [-0.1, -0.05) is 54.6 Å². The topological polar surface area (TPSA) is 51.1 Å². The minimum absolute atomic E-state index is 0.150. The molecule has 4 nitrogen and oxygen atoms in total. The number of rotatable bonds is 7. The first-order chi connectivity index (χ1) is 17.6. The lowest BCUT2D eigenvalue weighted by Crippen LogP contribution is -2.27. The quantitative estimate of drug-likeness (QED) is 0.210. The number of nitrogens with one attached hydrogen (secondary N) is 1. The molecule has 0 aliphatic carbocycles. The molecule has 0 fully saturated rings. The maximum absolute atomic E-state index is 13.7. The van der Waals surface area contributed by atoms with Crippen molar-refractivity contribution in [2.24, 2.45) is 0 Å². The second-order valence-electron chi connectivity index (χ2n) is 8.82. The van der Waals surface area contributed by atoms with Gasteiger partial charge in [-0.05, 0) is 54.8 Å². The van der Waals surface area contributed by atoms with E-state index < -0.39 is 23.5 Å². The van der Waals surface area contributed by atoms with E-state index in [9.17, 15) is 27.2 Å². The molecule has 0 saturated carbocycles. The zero-order valence-electron chi connectivity index (χ0n) is 20.1. The normalized spacial score (nSPS) is 11.5. The second kappa shape index (κ2) is 10.4. The third kappa shape index (κ3) is 5.33. The summed E-state index contributed by atoms with van der Waals surface area (Å²) in [6.45, 7) is 3.49. The molecule has 0 spiro atoms. The summed E-state index contributed by atoms with van der Waals surface area (Å²) < 4.78 is 54.7. The first kappa shape index (κ1) is 25.9. The summed E-state index contributed by atoms with van der Waals surface area (Å²) in [5, 5.41) is 2.72. The molecule has 0 aliphatic heterocycles. The zero-order valence-corrected chi connectivity index (χ0v) is 20.1. The number of aromatic nitrogens is 1. The van der Waals surface area contributed by atoms with E-state index in [1.165, 1.54) is 24.3 Å². The third-order valence-corrected chi connectivity index (χ3v) is 5.99. The number of alkyl halides is 3. The second-order valence-corrected chi connectivity index (χ2v) is 8.82. The lowest BCUT2D eigenvalue weighted by atomic mass is 9.94. The Morgan fingerprint density at radius 1 is 0.919 bits per heavy atom. The molecule has 0 unspecified atom stereocenters. The van der Waals surface area contributed by atoms with Gasteiger partial charge in [-0.2, -0.15) is 13.2 Å². The van der Waals surface area contributed by atoms with Crippen LogP contribution in [0.15, 0.2) is 78.9 Å². The summed E-state index contributed by atoms with van der Waals surface area (Å²) in [4.78, 5) is 26.0. The van der Waals surface area contributed by atoms with E-state index in [1.54, 1.807) is 41.0 Å². The van der Waals surface area contributed by atoms with Crippen molar-refractivity contribution in [1.29, 1.82) is 0 Å². The molecule has 37 heavy (non-hydrogen) atoms. The number of carbonyl (C=O) groups excluding carboxylic acids is 2. The number of amides is 1. The van der Waals surface area contributed by atoms with Gasteiger partial charge < -0.3 is 9.88 Å². The van der Waals surface area contributed by atoms with Crippen molar-refractivity contribution in [3.05, 3.63) is 107 Å². The van der Waals surface area contributed by atoms with Crippen LogP contribution in [0.3, 0.4) is 0 Å². The van der Waals surface area contributed by atoms with E-state index in [0.717, 1.165) is 12.1 Å². The van der Waals surface area contributed by atoms with Crippen LogP contribution in [0.5, 0.6) is 0 Å². The van der Waals surface area contributed by atoms with Crippen molar-refractivity contribution in [1.82, 2.24) is 9.88 Å². The fraction of sp³-hybridized carbons (Fsp3) is 0.172. The lowest BCUT2D eigenvalue weighted by molar-refractivity contribution is -0.137. The molecule has 3 aromatic carbocycles. The van der Waals surface area contributed by atoms with Crippen LogP contribution in [-0.4, -0.2) is 16.8 Å². The molecule has 8 heteroatoms. The highest BCUT2D eigenvalue weighted by Crippen LogP contribution is 2.41. The molecule has 1 N–H and O–H groups in total. The maximum atomic E-state index is 13.7. The van der Waals surface area contributed by atoms with Crippen molar-refractivity contribution in [2.75, 3.05) is 0 Å². The van der Waals surface area contributed by atoms with Crippen molar-refractivity contribution in [2.45, 2.75) is 32.6 Å². The molecule has 4 rings (SSSR count). The van der Waals surface area contributed by atoms with Crippen LogP contribution in [0, 0.1) is 5.82 Å². The standard InChI is InChI=1S/C29H24F4N2O2/c1-18(2)35-24(17-36)25(21-11-13-23(30)14-12-21)26(20-8-4-3-5-9-20)27(35)28(37)34-16-19-7-6-10-22(15-19)29(31,32)33/h3-15,17-18H,16H2,1-2H3,(H,34,37). The molecule has 1 aromatic heterocycles. The number of benzene rings is 3. The molecular weight excluding hydrogens is 484 g/mol. The highest BCUT2D eigenvalue weighted by atomic mass is 19.4. The van der Waals surface area contributed by atoms with Crippen molar-refractivity contribution >= 4 is 12.2 Å². The molecule has 0 aliphatic rings. The van der Waals surface area contributed by atoms with Crippen LogP contribution in [0.4, 0.5) is 17.6 Å². The summed E-state index contributed by atoms with van der Waals surface area (Å²) in [5.74, 6) is -0.999. The summed E-state index contributed by atoms with van der Waals surface area (Å²) in [5.41, 5.74) is 2.06. The number of aldehydes is 1. The summed E-state index contributed by atoms with van der Waals surface area (Å²) in [7, 11) is 0. The summed E-state index contributed by atoms with van der Waals surface area (Å²) >= 11 is 0. The van der Waals surface area contributed by atoms with Gasteiger partial charge in [0, 0.05) is 23.7 Å². The van der Waals surface area contributed by atoms with E-state index in [0.29, 0.717) is 28.5 Å². The van der Waals surface area contributed by atoms with Crippen LogP contribution in [0.1, 0.15) is 52.0 Å². The van der Waals surface area contributed by atoms with E-state index >= 15 is 0 Å². The summed E-state index contributed by atoms with van der Waals surface area (Å²) in [6.07, 6.45) is -3.84. The van der Waals surface area contributed by atoms with Crippen molar-refractivity contribution < 1.29 is 27.2 Å². The maximum Gasteiger partial charge on any atom is 0.416 e. The minimum atomic E-state index is -4.50. The van der Waals surface area contributed by atoms with E-state index in [2.05, 4.69) is 5.32 Å². The fourth-order valence-electron chi connectivity index (χ4n) is 4.40. The van der Waals surface area contributed by atoms with Crippen molar-refractivity contribution in [3.63, 3.8) is 0 Å². The van der Waals surface area contributed by atoms with Gasteiger partial charge in [0.25, 0.3) is 5.91 Å². The first-order valence-electron chi connectivity index (χ1n) is 11.6. The Kier molecular flexibility index (Phi) is 7.29. The van der Waals surface area contributed by atoms with Crippen LogP contribution in [0.2, 0.25) is 0 Å². The molecule has 4 aromatic rings. The van der Waals surface area contributed by atoms with Gasteiger partial charge in [-0.25, -0.2) is 4.39 Å². The largest absolute Gasteiger partial charge is 0.416 e. The molecule has 1 heterocycles. The molecule has 1 amide bonds. The van der Waals surface area contributed by atoms with Gasteiger partial charge >= 0.3 is 6.18 Å². The average molecular weight is 509 g/mol. The number of nitrogens with zero attached hydrogens (tertiary/aromatic N) is 1. The van der Waals surface area contributed by atoms with Crippen LogP contribution >= 0.6 is 0 Å². The Labute approximate surface area is 211 Å².